The van der Waals surface area contributed by atoms with Gasteiger partial charge in [-0.15, -0.1) is 0 Å². The van der Waals surface area contributed by atoms with E-state index in [1.165, 1.54) is 60.5 Å². The van der Waals surface area contributed by atoms with Crippen LogP contribution in [0, 0.1) is 0 Å². The van der Waals surface area contributed by atoms with E-state index in [-0.39, 0.29) is 5.54 Å². The fourth-order valence-corrected chi connectivity index (χ4v) is 4.27. The van der Waals surface area contributed by atoms with Gasteiger partial charge < -0.3 is 5.73 Å². The predicted octanol–water partition coefficient (Wildman–Crippen LogP) is 4.45. The van der Waals surface area contributed by atoms with Gasteiger partial charge in [0.25, 0.3) is 0 Å². The Morgan fingerprint density at radius 3 is 2.44 bits per heavy atom. The lowest BCUT2D eigenvalue weighted by molar-refractivity contribution is 0.302. The lowest BCUT2D eigenvalue weighted by Crippen LogP contribution is -2.38. The second-order valence-corrected chi connectivity index (χ2v) is 6.87. The topological polar surface area (TPSA) is 26.0 Å². The fourth-order valence-electron chi connectivity index (χ4n) is 3.57. The number of halogens is 1. The molecular formula is C16H22BrN. The molecule has 0 aliphatic heterocycles. The maximum atomic E-state index is 6.66. The Morgan fingerprint density at radius 1 is 0.944 bits per heavy atom. The van der Waals surface area contributed by atoms with Crippen LogP contribution < -0.4 is 5.73 Å². The standard InChI is InChI=1S/C16H22BrN/c17-15-11-13(16(18)8-4-1-5-9-16)10-12-6-2-3-7-14(12)15/h10-11H,1-9,18H2. The normalized spacial score (nSPS) is 22.6. The summed E-state index contributed by atoms with van der Waals surface area (Å²) >= 11 is 3.77. The molecule has 1 aromatic carbocycles. The van der Waals surface area contributed by atoms with Crippen LogP contribution in [0.15, 0.2) is 16.6 Å². The Morgan fingerprint density at radius 2 is 1.67 bits per heavy atom. The van der Waals surface area contributed by atoms with Gasteiger partial charge in [-0.3, -0.25) is 0 Å². The van der Waals surface area contributed by atoms with Crippen LogP contribution in [0.5, 0.6) is 0 Å². The molecule has 98 valence electrons. The van der Waals surface area contributed by atoms with Crippen molar-refractivity contribution in [2.75, 3.05) is 0 Å². The van der Waals surface area contributed by atoms with Crippen molar-refractivity contribution in [2.45, 2.75) is 63.3 Å². The minimum absolute atomic E-state index is 0.0623. The van der Waals surface area contributed by atoms with Crippen molar-refractivity contribution >= 4 is 15.9 Å². The number of nitrogens with two attached hydrogens (primary N) is 1. The molecule has 2 heteroatoms. The first-order valence-corrected chi connectivity index (χ1v) is 8.09. The molecule has 0 radical (unpaired) electrons. The van der Waals surface area contributed by atoms with Crippen LogP contribution in [0.1, 0.15) is 61.6 Å². The number of hydrogen-bond acceptors (Lipinski definition) is 1. The van der Waals surface area contributed by atoms with Crippen molar-refractivity contribution in [2.24, 2.45) is 5.73 Å². The third-order valence-corrected chi connectivity index (χ3v) is 5.44. The average Bonchev–Trinajstić information content (AvgIpc) is 2.39. The highest BCUT2D eigenvalue weighted by Crippen LogP contribution is 2.38. The quantitative estimate of drug-likeness (QED) is 0.815. The zero-order chi connectivity index (χ0) is 12.6. The Kier molecular flexibility index (Phi) is 3.50. The number of fused-ring (bicyclic) bond motifs is 1. The molecule has 0 bridgehead atoms. The molecule has 0 saturated heterocycles. The highest BCUT2D eigenvalue weighted by molar-refractivity contribution is 9.10. The van der Waals surface area contributed by atoms with Crippen molar-refractivity contribution in [3.8, 4) is 0 Å². The summed E-state index contributed by atoms with van der Waals surface area (Å²) in [6, 6.07) is 4.71. The van der Waals surface area contributed by atoms with Crippen LogP contribution in [-0.4, -0.2) is 0 Å². The van der Waals surface area contributed by atoms with Crippen LogP contribution in [0.3, 0.4) is 0 Å². The Bertz CT molecular complexity index is 447. The maximum absolute atomic E-state index is 6.66. The molecule has 1 saturated carbocycles. The summed E-state index contributed by atoms with van der Waals surface area (Å²) in [7, 11) is 0. The molecule has 2 aliphatic carbocycles. The van der Waals surface area contributed by atoms with Gasteiger partial charge in [0.1, 0.15) is 0 Å². The monoisotopic (exact) mass is 307 g/mol. The third kappa shape index (κ3) is 2.25. The van der Waals surface area contributed by atoms with Crippen LogP contribution in [0.2, 0.25) is 0 Å². The maximum Gasteiger partial charge on any atom is 0.0410 e. The lowest BCUT2D eigenvalue weighted by atomic mass is 9.76. The summed E-state index contributed by atoms with van der Waals surface area (Å²) < 4.78 is 1.30. The molecule has 0 heterocycles. The van der Waals surface area contributed by atoms with E-state index < -0.39 is 0 Å². The number of benzene rings is 1. The van der Waals surface area contributed by atoms with Gasteiger partial charge in [-0.1, -0.05) is 41.3 Å². The van der Waals surface area contributed by atoms with Gasteiger partial charge in [-0.2, -0.15) is 0 Å². The molecule has 0 spiro atoms. The second-order valence-electron chi connectivity index (χ2n) is 6.02. The van der Waals surface area contributed by atoms with Gasteiger partial charge in [0.2, 0.25) is 0 Å². The van der Waals surface area contributed by atoms with E-state index in [4.69, 9.17) is 5.73 Å². The molecular weight excluding hydrogens is 286 g/mol. The molecule has 1 nitrogen and oxygen atoms in total. The van der Waals surface area contributed by atoms with Crippen LogP contribution in [0.4, 0.5) is 0 Å². The average molecular weight is 308 g/mol. The van der Waals surface area contributed by atoms with E-state index in [9.17, 15) is 0 Å². The van der Waals surface area contributed by atoms with E-state index >= 15 is 0 Å². The van der Waals surface area contributed by atoms with Gasteiger partial charge >= 0.3 is 0 Å². The molecule has 1 fully saturated rings. The smallest absolute Gasteiger partial charge is 0.0410 e. The number of rotatable bonds is 1. The lowest BCUT2D eigenvalue weighted by Gasteiger charge is -2.35. The third-order valence-electron chi connectivity index (χ3n) is 4.73. The van der Waals surface area contributed by atoms with Crippen molar-refractivity contribution in [3.63, 3.8) is 0 Å². The number of aryl methyl sites for hydroxylation is 1. The number of hydrogen-bond donors (Lipinski definition) is 1. The van der Waals surface area contributed by atoms with Gasteiger partial charge in [0.15, 0.2) is 0 Å². The van der Waals surface area contributed by atoms with Crippen LogP contribution >= 0.6 is 15.9 Å². The van der Waals surface area contributed by atoms with Crippen LogP contribution in [0.25, 0.3) is 0 Å². The van der Waals surface area contributed by atoms with E-state index in [2.05, 4.69) is 28.1 Å². The first kappa shape index (κ1) is 12.7. The summed E-state index contributed by atoms with van der Waals surface area (Å²) in [5.41, 5.74) is 11.0. The zero-order valence-corrected chi connectivity index (χ0v) is 12.6. The van der Waals surface area contributed by atoms with Gasteiger partial charge in [0.05, 0.1) is 0 Å². The summed E-state index contributed by atoms with van der Waals surface area (Å²) in [6.07, 6.45) is 11.3. The van der Waals surface area contributed by atoms with E-state index in [1.807, 2.05) is 0 Å². The van der Waals surface area contributed by atoms with Gasteiger partial charge in [-0.25, -0.2) is 0 Å². The fraction of sp³-hybridized carbons (Fsp3) is 0.625. The van der Waals surface area contributed by atoms with Gasteiger partial charge in [-0.05, 0) is 61.3 Å². The second kappa shape index (κ2) is 4.97. The summed E-state index contributed by atoms with van der Waals surface area (Å²) in [6.45, 7) is 0. The zero-order valence-electron chi connectivity index (χ0n) is 11.0. The summed E-state index contributed by atoms with van der Waals surface area (Å²) in [5, 5.41) is 0. The van der Waals surface area contributed by atoms with Crippen molar-refractivity contribution in [1.82, 2.24) is 0 Å². The first-order valence-electron chi connectivity index (χ1n) is 7.30. The van der Waals surface area contributed by atoms with Crippen molar-refractivity contribution < 1.29 is 0 Å². The van der Waals surface area contributed by atoms with E-state index in [0.29, 0.717) is 0 Å². The SMILES string of the molecule is NC1(c2cc(Br)c3c(c2)CCCC3)CCCCC1. The van der Waals surface area contributed by atoms with E-state index in [1.54, 1.807) is 5.56 Å². The highest BCUT2D eigenvalue weighted by atomic mass is 79.9. The molecule has 3 rings (SSSR count). The summed E-state index contributed by atoms with van der Waals surface area (Å²) in [5.74, 6) is 0. The molecule has 1 aromatic rings. The predicted molar refractivity (Wildman–Crippen MR) is 79.7 cm³/mol. The van der Waals surface area contributed by atoms with Crippen molar-refractivity contribution in [3.05, 3.63) is 33.3 Å². The first-order chi connectivity index (χ1) is 8.69. The minimum atomic E-state index is -0.0623. The summed E-state index contributed by atoms with van der Waals surface area (Å²) in [4.78, 5) is 0. The van der Waals surface area contributed by atoms with E-state index in [0.717, 1.165) is 12.8 Å². The molecule has 2 aliphatic rings. The Balaban J connectivity index is 1.99. The Hall–Kier alpha value is -0.340. The molecule has 0 amide bonds. The molecule has 0 aromatic heterocycles. The van der Waals surface area contributed by atoms with Gasteiger partial charge in [0, 0.05) is 10.0 Å². The molecule has 0 atom stereocenters. The minimum Gasteiger partial charge on any atom is -0.321 e. The highest BCUT2D eigenvalue weighted by Gasteiger charge is 2.30. The molecule has 0 unspecified atom stereocenters. The van der Waals surface area contributed by atoms with Crippen LogP contribution in [-0.2, 0) is 18.4 Å². The Labute approximate surface area is 118 Å². The largest absolute Gasteiger partial charge is 0.321 e. The van der Waals surface area contributed by atoms with Crippen molar-refractivity contribution in [1.29, 1.82) is 0 Å². The molecule has 2 N–H and O–H groups in total. The molecule has 18 heavy (non-hydrogen) atoms.